The largest absolute Gasteiger partial charge is 0.382 e. The number of nitrogens with one attached hydrogen (secondary N) is 1. The Kier molecular flexibility index (Phi) is 3.65. The Morgan fingerprint density at radius 1 is 1.57 bits per heavy atom. The van der Waals surface area contributed by atoms with Crippen molar-refractivity contribution < 1.29 is 4.21 Å². The number of nitrogens with two attached hydrogens (primary N) is 1. The number of nitrogens with zero attached hydrogens (tertiary/aromatic N) is 2. The van der Waals surface area contributed by atoms with Crippen molar-refractivity contribution in [3.05, 3.63) is 5.02 Å². The summed E-state index contributed by atoms with van der Waals surface area (Å²) >= 11 is 5.84. The van der Waals surface area contributed by atoms with Gasteiger partial charge in [0.15, 0.2) is 5.82 Å². The van der Waals surface area contributed by atoms with Crippen LogP contribution in [0.5, 0.6) is 0 Å². The van der Waals surface area contributed by atoms with E-state index in [0.29, 0.717) is 12.4 Å². The van der Waals surface area contributed by atoms with Crippen molar-refractivity contribution in [2.24, 2.45) is 0 Å². The predicted octanol–water partition coefficient (Wildman–Crippen LogP) is 0.881. The van der Waals surface area contributed by atoms with Crippen molar-refractivity contribution in [1.29, 1.82) is 0 Å². The maximum atomic E-state index is 11.1. The van der Waals surface area contributed by atoms with E-state index in [-0.39, 0.29) is 16.0 Å². The molecule has 7 heteroatoms. The lowest BCUT2D eigenvalue weighted by molar-refractivity contribution is 0.680. The first kappa shape index (κ1) is 11.2. The van der Waals surface area contributed by atoms with Crippen LogP contribution >= 0.6 is 11.6 Å². The standard InChI is InChI=1S/C7H11ClN4OS/c1-3-10-6-4(8)5(9)11-7(12-6)14(2)13/h3H2,1-2H3,(H3,9,10,11,12)/t14-/m1/s1. The van der Waals surface area contributed by atoms with Crippen LogP contribution < -0.4 is 11.1 Å². The number of anilines is 2. The van der Waals surface area contributed by atoms with Crippen molar-refractivity contribution >= 4 is 34.0 Å². The van der Waals surface area contributed by atoms with Gasteiger partial charge in [0, 0.05) is 12.8 Å². The van der Waals surface area contributed by atoms with Gasteiger partial charge in [0.2, 0.25) is 5.16 Å². The minimum Gasteiger partial charge on any atom is -0.382 e. The van der Waals surface area contributed by atoms with Crippen LogP contribution in [0.25, 0.3) is 0 Å². The highest BCUT2D eigenvalue weighted by molar-refractivity contribution is 7.84. The average molecular weight is 235 g/mol. The molecule has 78 valence electrons. The van der Waals surface area contributed by atoms with Crippen LogP contribution in [0.3, 0.4) is 0 Å². The van der Waals surface area contributed by atoms with Crippen LogP contribution in [0.15, 0.2) is 5.16 Å². The lowest BCUT2D eigenvalue weighted by atomic mass is 10.5. The normalized spacial score (nSPS) is 12.5. The van der Waals surface area contributed by atoms with Gasteiger partial charge in [-0.3, -0.25) is 4.21 Å². The fraction of sp³-hybridized carbons (Fsp3) is 0.429. The third-order valence-corrected chi connectivity index (χ3v) is 2.53. The van der Waals surface area contributed by atoms with Gasteiger partial charge < -0.3 is 11.1 Å². The van der Waals surface area contributed by atoms with Gasteiger partial charge in [-0.25, -0.2) is 9.97 Å². The number of nitrogen functional groups attached to an aromatic ring is 1. The van der Waals surface area contributed by atoms with E-state index in [9.17, 15) is 4.21 Å². The molecule has 0 aromatic carbocycles. The molecule has 0 saturated heterocycles. The Bertz CT molecular complexity index is 371. The van der Waals surface area contributed by atoms with Gasteiger partial charge in [-0.2, -0.15) is 0 Å². The molecule has 5 nitrogen and oxygen atoms in total. The van der Waals surface area contributed by atoms with Gasteiger partial charge >= 0.3 is 0 Å². The van der Waals surface area contributed by atoms with E-state index in [2.05, 4.69) is 15.3 Å². The van der Waals surface area contributed by atoms with E-state index in [1.807, 2.05) is 6.92 Å². The van der Waals surface area contributed by atoms with Gasteiger partial charge in [0.05, 0.1) is 10.8 Å². The van der Waals surface area contributed by atoms with E-state index < -0.39 is 10.8 Å². The van der Waals surface area contributed by atoms with Gasteiger partial charge in [-0.1, -0.05) is 11.6 Å². The number of aromatic nitrogens is 2. The first-order valence-electron chi connectivity index (χ1n) is 3.96. The molecular formula is C7H11ClN4OS. The molecule has 0 amide bonds. The monoisotopic (exact) mass is 234 g/mol. The van der Waals surface area contributed by atoms with E-state index in [1.165, 1.54) is 6.26 Å². The highest BCUT2D eigenvalue weighted by Crippen LogP contribution is 2.24. The Morgan fingerprint density at radius 2 is 2.21 bits per heavy atom. The van der Waals surface area contributed by atoms with E-state index in [4.69, 9.17) is 17.3 Å². The fourth-order valence-corrected chi connectivity index (χ4v) is 1.45. The summed E-state index contributed by atoms with van der Waals surface area (Å²) in [6.07, 6.45) is 1.48. The van der Waals surface area contributed by atoms with Crippen molar-refractivity contribution in [3.63, 3.8) is 0 Å². The Morgan fingerprint density at radius 3 is 2.71 bits per heavy atom. The van der Waals surface area contributed by atoms with Crippen molar-refractivity contribution in [2.45, 2.75) is 12.1 Å². The molecule has 0 bridgehead atoms. The molecule has 0 aliphatic heterocycles. The lowest BCUT2D eigenvalue weighted by Gasteiger charge is -2.07. The quantitative estimate of drug-likeness (QED) is 0.759. The minimum atomic E-state index is -1.26. The van der Waals surface area contributed by atoms with E-state index >= 15 is 0 Å². The Hall–Kier alpha value is -0.880. The van der Waals surface area contributed by atoms with Gasteiger partial charge in [-0.15, -0.1) is 0 Å². The molecular weight excluding hydrogens is 224 g/mol. The molecule has 0 saturated carbocycles. The SMILES string of the molecule is CCNc1nc([S@@](C)=O)nc(N)c1Cl. The summed E-state index contributed by atoms with van der Waals surface area (Å²) < 4.78 is 11.1. The average Bonchev–Trinajstić information content (AvgIpc) is 2.12. The van der Waals surface area contributed by atoms with Gasteiger partial charge in [0.1, 0.15) is 10.8 Å². The second-order valence-corrected chi connectivity index (χ2v) is 4.19. The fourth-order valence-electron chi connectivity index (χ4n) is 0.856. The van der Waals surface area contributed by atoms with Crippen molar-refractivity contribution in [3.8, 4) is 0 Å². The molecule has 1 aromatic heterocycles. The molecule has 0 unspecified atom stereocenters. The zero-order valence-corrected chi connectivity index (χ0v) is 9.45. The Balaban J connectivity index is 3.20. The topological polar surface area (TPSA) is 80.9 Å². The van der Waals surface area contributed by atoms with Crippen LogP contribution in [0.4, 0.5) is 11.6 Å². The van der Waals surface area contributed by atoms with Crippen LogP contribution in [0, 0.1) is 0 Å². The molecule has 3 N–H and O–H groups in total. The maximum absolute atomic E-state index is 11.1. The van der Waals surface area contributed by atoms with Crippen LogP contribution in [-0.4, -0.2) is 27.0 Å². The molecule has 0 aliphatic rings. The van der Waals surface area contributed by atoms with Crippen molar-refractivity contribution in [2.75, 3.05) is 23.9 Å². The van der Waals surface area contributed by atoms with Crippen LogP contribution in [0.2, 0.25) is 5.02 Å². The van der Waals surface area contributed by atoms with Gasteiger partial charge in [0.25, 0.3) is 0 Å². The van der Waals surface area contributed by atoms with Crippen LogP contribution in [-0.2, 0) is 10.8 Å². The lowest BCUT2D eigenvalue weighted by Crippen LogP contribution is -2.08. The predicted molar refractivity (Wildman–Crippen MR) is 58.0 cm³/mol. The molecule has 1 aromatic rings. The number of hydrogen-bond acceptors (Lipinski definition) is 5. The molecule has 0 radical (unpaired) electrons. The summed E-state index contributed by atoms with van der Waals surface area (Å²) in [5.41, 5.74) is 5.53. The third kappa shape index (κ3) is 2.33. The summed E-state index contributed by atoms with van der Waals surface area (Å²) in [4.78, 5) is 7.80. The van der Waals surface area contributed by atoms with Gasteiger partial charge in [-0.05, 0) is 6.92 Å². The summed E-state index contributed by atoms with van der Waals surface area (Å²) in [7, 11) is -1.26. The number of halogens is 1. The molecule has 1 rings (SSSR count). The second-order valence-electron chi connectivity index (χ2n) is 2.54. The Labute approximate surface area is 89.5 Å². The summed E-state index contributed by atoms with van der Waals surface area (Å²) in [5.74, 6) is 0.565. The molecule has 1 heterocycles. The number of hydrogen-bond donors (Lipinski definition) is 2. The zero-order valence-electron chi connectivity index (χ0n) is 7.87. The first-order valence-corrected chi connectivity index (χ1v) is 5.90. The summed E-state index contributed by atoms with van der Waals surface area (Å²) in [6, 6.07) is 0. The third-order valence-electron chi connectivity index (χ3n) is 1.46. The smallest absolute Gasteiger partial charge is 0.222 e. The summed E-state index contributed by atoms with van der Waals surface area (Å²) in [6.45, 7) is 2.56. The zero-order chi connectivity index (χ0) is 10.7. The molecule has 0 fully saturated rings. The molecule has 14 heavy (non-hydrogen) atoms. The summed E-state index contributed by atoms with van der Waals surface area (Å²) in [5, 5.41) is 3.36. The van der Waals surface area contributed by atoms with Crippen molar-refractivity contribution in [1.82, 2.24) is 9.97 Å². The minimum absolute atomic E-state index is 0.141. The molecule has 0 aliphatic carbocycles. The second kappa shape index (κ2) is 4.56. The maximum Gasteiger partial charge on any atom is 0.222 e. The first-order chi connectivity index (χ1) is 6.56. The molecule has 0 spiro atoms. The highest BCUT2D eigenvalue weighted by atomic mass is 35.5. The van der Waals surface area contributed by atoms with E-state index in [1.54, 1.807) is 0 Å². The van der Waals surface area contributed by atoms with E-state index in [0.717, 1.165) is 0 Å². The highest BCUT2D eigenvalue weighted by Gasteiger charge is 2.11. The number of rotatable bonds is 3. The van der Waals surface area contributed by atoms with Crippen LogP contribution in [0.1, 0.15) is 6.92 Å². The molecule has 1 atom stereocenters.